The van der Waals surface area contributed by atoms with Crippen LogP contribution < -0.4 is 5.32 Å². The third-order valence-electron chi connectivity index (χ3n) is 8.80. The highest BCUT2D eigenvalue weighted by molar-refractivity contribution is 5.93. The van der Waals surface area contributed by atoms with E-state index in [1.807, 2.05) is 0 Å². The molecule has 0 radical (unpaired) electrons. The highest BCUT2D eigenvalue weighted by atomic mass is 16.5. The zero-order chi connectivity index (χ0) is 28.0. The number of rotatable bonds is 9. The van der Waals surface area contributed by atoms with Gasteiger partial charge in [0, 0.05) is 37.6 Å². The van der Waals surface area contributed by atoms with Gasteiger partial charge in [0.15, 0.2) is 0 Å². The van der Waals surface area contributed by atoms with Gasteiger partial charge in [-0.1, -0.05) is 54.6 Å². The molecule has 214 valence electrons. The van der Waals surface area contributed by atoms with Crippen LogP contribution in [0.2, 0.25) is 0 Å². The monoisotopic (exact) mass is 549 g/mol. The third kappa shape index (κ3) is 6.96. The molecule has 41 heavy (non-hydrogen) atoms. The number of fused-ring (bicyclic) bond motifs is 1. The van der Waals surface area contributed by atoms with Crippen molar-refractivity contribution < 1.29 is 4.74 Å². The van der Waals surface area contributed by atoms with Crippen LogP contribution in [-0.2, 0) is 17.7 Å². The van der Waals surface area contributed by atoms with Crippen molar-refractivity contribution in [2.45, 2.75) is 38.8 Å². The maximum Gasteiger partial charge on any atom is 0.0927 e. The number of aromatic amines is 1. The number of benzene rings is 3. The SMILES string of the molecule is Cc1cc2[nH]nc(/C=C/c3ccc(CCN4CCOCC4)cc3)c2cc1-c1ccc(CN(C)C2CCNCC2)cc1. The molecule has 0 unspecified atom stereocenters. The van der Waals surface area contributed by atoms with Crippen LogP contribution in [0.5, 0.6) is 0 Å². The molecule has 2 aliphatic heterocycles. The second-order valence-electron chi connectivity index (χ2n) is 11.7. The van der Waals surface area contributed by atoms with E-state index < -0.39 is 0 Å². The smallest absolute Gasteiger partial charge is 0.0927 e. The van der Waals surface area contributed by atoms with E-state index in [4.69, 9.17) is 4.74 Å². The van der Waals surface area contributed by atoms with E-state index >= 15 is 0 Å². The normalized spacial score (nSPS) is 17.2. The quantitative estimate of drug-likeness (QED) is 0.278. The maximum absolute atomic E-state index is 5.46. The van der Waals surface area contributed by atoms with E-state index in [0.29, 0.717) is 6.04 Å². The van der Waals surface area contributed by atoms with Gasteiger partial charge in [-0.25, -0.2) is 0 Å². The van der Waals surface area contributed by atoms with Gasteiger partial charge in [0.25, 0.3) is 0 Å². The van der Waals surface area contributed by atoms with E-state index in [9.17, 15) is 0 Å². The van der Waals surface area contributed by atoms with Crippen molar-refractivity contribution in [1.29, 1.82) is 0 Å². The molecule has 3 heterocycles. The van der Waals surface area contributed by atoms with Gasteiger partial charge >= 0.3 is 0 Å². The van der Waals surface area contributed by atoms with Crippen molar-refractivity contribution >= 4 is 23.1 Å². The largest absolute Gasteiger partial charge is 0.379 e. The third-order valence-corrected chi connectivity index (χ3v) is 8.80. The highest BCUT2D eigenvalue weighted by Gasteiger charge is 2.18. The average Bonchev–Trinajstić information content (AvgIpc) is 3.42. The molecule has 1 aromatic heterocycles. The lowest BCUT2D eigenvalue weighted by atomic mass is 9.96. The Labute approximate surface area is 244 Å². The Hall–Kier alpha value is -3.29. The molecule has 3 aromatic carbocycles. The molecule has 6 nitrogen and oxygen atoms in total. The topological polar surface area (TPSA) is 56.4 Å². The van der Waals surface area contributed by atoms with Crippen LogP contribution in [0, 0.1) is 6.92 Å². The number of aryl methyl sites for hydroxylation is 1. The molecule has 2 N–H and O–H groups in total. The van der Waals surface area contributed by atoms with Crippen LogP contribution in [0.1, 0.15) is 40.8 Å². The molecule has 2 saturated heterocycles. The summed E-state index contributed by atoms with van der Waals surface area (Å²) in [4.78, 5) is 5.00. The minimum Gasteiger partial charge on any atom is -0.379 e. The Balaban J connectivity index is 1.12. The molecular formula is C35H43N5O. The fourth-order valence-electron chi connectivity index (χ4n) is 6.17. The fourth-order valence-corrected chi connectivity index (χ4v) is 6.17. The molecule has 0 atom stereocenters. The van der Waals surface area contributed by atoms with Gasteiger partial charge in [0.2, 0.25) is 0 Å². The number of hydrogen-bond acceptors (Lipinski definition) is 5. The summed E-state index contributed by atoms with van der Waals surface area (Å²) < 4.78 is 5.46. The summed E-state index contributed by atoms with van der Waals surface area (Å²) in [5.41, 5.74) is 9.74. The fraction of sp³-hybridized carbons (Fsp3) is 0.400. The summed E-state index contributed by atoms with van der Waals surface area (Å²) in [5, 5.41) is 12.5. The zero-order valence-corrected chi connectivity index (χ0v) is 24.5. The number of ether oxygens (including phenoxy) is 1. The van der Waals surface area contributed by atoms with Crippen LogP contribution in [-0.4, -0.2) is 79.0 Å². The highest BCUT2D eigenvalue weighted by Crippen LogP contribution is 2.30. The second kappa shape index (κ2) is 13.1. The average molecular weight is 550 g/mol. The Bertz CT molecular complexity index is 1440. The first-order valence-corrected chi connectivity index (χ1v) is 15.2. The van der Waals surface area contributed by atoms with Gasteiger partial charge < -0.3 is 10.1 Å². The predicted molar refractivity (Wildman–Crippen MR) is 170 cm³/mol. The first kappa shape index (κ1) is 27.9. The van der Waals surface area contributed by atoms with Gasteiger partial charge in [-0.3, -0.25) is 14.9 Å². The number of morpholine rings is 1. The Morgan fingerprint density at radius 3 is 2.44 bits per heavy atom. The van der Waals surface area contributed by atoms with Gasteiger partial charge in [-0.05, 0) is 97.9 Å². The van der Waals surface area contributed by atoms with E-state index in [2.05, 4.69) is 112 Å². The van der Waals surface area contributed by atoms with Crippen molar-refractivity contribution in [2.24, 2.45) is 0 Å². The lowest BCUT2D eigenvalue weighted by Gasteiger charge is -2.31. The van der Waals surface area contributed by atoms with Crippen LogP contribution in [0.15, 0.2) is 60.7 Å². The van der Waals surface area contributed by atoms with E-state index in [1.54, 1.807) is 0 Å². The Morgan fingerprint density at radius 1 is 0.951 bits per heavy atom. The minimum atomic E-state index is 0.673. The molecule has 0 amide bonds. The Kier molecular flexibility index (Phi) is 8.92. The van der Waals surface area contributed by atoms with Crippen molar-refractivity contribution in [3.63, 3.8) is 0 Å². The van der Waals surface area contributed by atoms with Crippen LogP contribution in [0.4, 0.5) is 0 Å². The van der Waals surface area contributed by atoms with Crippen molar-refractivity contribution in [2.75, 3.05) is 53.0 Å². The summed E-state index contributed by atoms with van der Waals surface area (Å²) in [6.07, 6.45) is 7.83. The van der Waals surface area contributed by atoms with Gasteiger partial charge in [0.1, 0.15) is 0 Å². The molecule has 0 bridgehead atoms. The molecule has 0 saturated carbocycles. The van der Waals surface area contributed by atoms with Crippen LogP contribution >= 0.6 is 0 Å². The lowest BCUT2D eigenvalue weighted by Crippen LogP contribution is -2.40. The summed E-state index contributed by atoms with van der Waals surface area (Å²) >= 11 is 0. The first-order valence-electron chi connectivity index (χ1n) is 15.2. The molecule has 0 spiro atoms. The molecule has 6 rings (SSSR count). The van der Waals surface area contributed by atoms with Crippen molar-refractivity contribution in [3.8, 4) is 11.1 Å². The van der Waals surface area contributed by atoms with Crippen LogP contribution in [0.25, 0.3) is 34.2 Å². The summed E-state index contributed by atoms with van der Waals surface area (Å²) in [6.45, 7) is 10.3. The van der Waals surface area contributed by atoms with E-state index in [0.717, 1.165) is 75.5 Å². The summed E-state index contributed by atoms with van der Waals surface area (Å²) in [5.74, 6) is 0. The number of hydrogen-bond donors (Lipinski definition) is 2. The van der Waals surface area contributed by atoms with E-state index in [-0.39, 0.29) is 0 Å². The zero-order valence-electron chi connectivity index (χ0n) is 24.5. The number of H-pyrrole nitrogens is 1. The molecule has 2 fully saturated rings. The van der Waals surface area contributed by atoms with Crippen LogP contribution in [0.3, 0.4) is 0 Å². The van der Waals surface area contributed by atoms with Gasteiger partial charge in [-0.15, -0.1) is 0 Å². The van der Waals surface area contributed by atoms with E-state index in [1.165, 1.54) is 46.2 Å². The number of nitrogens with one attached hydrogen (secondary N) is 2. The number of piperidine rings is 1. The first-order chi connectivity index (χ1) is 20.1. The number of aromatic nitrogens is 2. The molecular weight excluding hydrogens is 506 g/mol. The summed E-state index contributed by atoms with van der Waals surface area (Å²) in [6, 6.07) is 23.2. The van der Waals surface area contributed by atoms with Gasteiger partial charge in [-0.2, -0.15) is 5.10 Å². The second-order valence-corrected chi connectivity index (χ2v) is 11.7. The van der Waals surface area contributed by atoms with Gasteiger partial charge in [0.05, 0.1) is 24.4 Å². The van der Waals surface area contributed by atoms with Crippen molar-refractivity contribution in [3.05, 3.63) is 88.6 Å². The molecule has 2 aliphatic rings. The minimum absolute atomic E-state index is 0.673. The summed E-state index contributed by atoms with van der Waals surface area (Å²) in [7, 11) is 2.26. The number of nitrogens with zero attached hydrogens (tertiary/aromatic N) is 3. The molecule has 4 aromatic rings. The maximum atomic E-state index is 5.46. The Morgan fingerprint density at radius 2 is 1.68 bits per heavy atom. The standard InChI is InChI=1S/C35H43N5O/c1-26-23-35-33(24-32(26)30-10-7-29(8-11-30)25-39(2)31-13-16-36-17-14-31)34(37-38-35)12-9-27-3-5-28(6-4-27)15-18-40-19-21-41-22-20-40/h3-12,23-24,31,36H,13-22,25H2,1-2H3,(H,37,38)/b12-9+. The van der Waals surface area contributed by atoms with Crippen molar-refractivity contribution in [1.82, 2.24) is 25.3 Å². The predicted octanol–water partition coefficient (Wildman–Crippen LogP) is 5.77. The molecule has 0 aliphatic carbocycles. The molecule has 6 heteroatoms. The lowest BCUT2D eigenvalue weighted by molar-refractivity contribution is 0.0384.